The van der Waals surface area contributed by atoms with Crippen LogP contribution in [0.3, 0.4) is 0 Å². The van der Waals surface area contributed by atoms with Crippen molar-refractivity contribution in [2.45, 2.75) is 0 Å². The van der Waals surface area contributed by atoms with E-state index in [9.17, 15) is 0 Å². The highest BCUT2D eigenvalue weighted by Gasteiger charge is 1.98. The Bertz CT molecular complexity index is 591. The molecule has 0 saturated carbocycles. The maximum absolute atomic E-state index is 4.48. The van der Waals surface area contributed by atoms with E-state index in [0.29, 0.717) is 5.69 Å². The molecule has 3 rings (SSSR count). The monoisotopic (exact) mass is 212 g/mol. The fraction of sp³-hybridized carbons (Fsp3) is 0. The summed E-state index contributed by atoms with van der Waals surface area (Å²) in [5, 5.41) is 7.18. The first-order valence-electron chi connectivity index (χ1n) is 4.82. The number of imidazole rings is 1. The van der Waals surface area contributed by atoms with E-state index >= 15 is 0 Å². The van der Waals surface area contributed by atoms with Crippen molar-refractivity contribution in [2.24, 2.45) is 0 Å². The Hall–Kier alpha value is -2.43. The second-order valence-electron chi connectivity index (χ2n) is 3.30. The SMILES string of the molecule is C(=C\c1nc2ccccc2[nH]1)/c1cnon1. The van der Waals surface area contributed by atoms with Gasteiger partial charge in [0.2, 0.25) is 0 Å². The quantitative estimate of drug-likeness (QED) is 0.706. The Morgan fingerprint density at radius 3 is 2.94 bits per heavy atom. The molecule has 0 aliphatic rings. The lowest BCUT2D eigenvalue weighted by Crippen LogP contribution is -1.74. The van der Waals surface area contributed by atoms with Crippen LogP contribution in [0.25, 0.3) is 23.2 Å². The summed E-state index contributed by atoms with van der Waals surface area (Å²) >= 11 is 0. The Balaban J connectivity index is 1.95. The fourth-order valence-corrected chi connectivity index (χ4v) is 1.46. The molecule has 0 amide bonds. The predicted molar refractivity (Wildman–Crippen MR) is 59.3 cm³/mol. The van der Waals surface area contributed by atoms with Crippen molar-refractivity contribution in [1.29, 1.82) is 0 Å². The van der Waals surface area contributed by atoms with Crippen LogP contribution in [0.2, 0.25) is 0 Å². The van der Waals surface area contributed by atoms with Crippen LogP contribution in [0.4, 0.5) is 0 Å². The van der Waals surface area contributed by atoms with Gasteiger partial charge in [-0.2, -0.15) is 0 Å². The number of aromatic amines is 1. The number of H-pyrrole nitrogens is 1. The minimum Gasteiger partial charge on any atom is -0.338 e. The Morgan fingerprint density at radius 1 is 1.19 bits per heavy atom. The molecule has 78 valence electrons. The van der Waals surface area contributed by atoms with Gasteiger partial charge in [0.25, 0.3) is 0 Å². The number of aromatic nitrogens is 4. The molecule has 0 bridgehead atoms. The normalized spacial score (nSPS) is 11.5. The molecule has 2 heterocycles. The van der Waals surface area contributed by atoms with Gasteiger partial charge >= 0.3 is 0 Å². The zero-order valence-corrected chi connectivity index (χ0v) is 8.29. The molecule has 0 spiro atoms. The van der Waals surface area contributed by atoms with Crippen molar-refractivity contribution < 1.29 is 4.63 Å². The third-order valence-corrected chi connectivity index (χ3v) is 2.20. The number of hydrogen-bond acceptors (Lipinski definition) is 4. The highest BCUT2D eigenvalue weighted by Crippen LogP contribution is 2.11. The summed E-state index contributed by atoms with van der Waals surface area (Å²) in [6.45, 7) is 0. The summed E-state index contributed by atoms with van der Waals surface area (Å²) in [4.78, 5) is 7.57. The molecule has 0 fully saturated rings. The smallest absolute Gasteiger partial charge is 0.131 e. The Kier molecular flexibility index (Phi) is 2.00. The van der Waals surface area contributed by atoms with E-state index in [1.54, 1.807) is 12.3 Å². The second-order valence-corrected chi connectivity index (χ2v) is 3.30. The topological polar surface area (TPSA) is 67.6 Å². The molecule has 1 aromatic carbocycles. The summed E-state index contributed by atoms with van der Waals surface area (Å²) in [6.07, 6.45) is 5.16. The van der Waals surface area contributed by atoms with Gasteiger partial charge in [0.15, 0.2) is 0 Å². The van der Waals surface area contributed by atoms with E-state index in [-0.39, 0.29) is 0 Å². The molecule has 0 unspecified atom stereocenters. The van der Waals surface area contributed by atoms with Gasteiger partial charge in [-0.3, -0.25) is 0 Å². The number of hydrogen-bond donors (Lipinski definition) is 1. The summed E-state index contributed by atoms with van der Waals surface area (Å²) in [5.41, 5.74) is 2.63. The zero-order chi connectivity index (χ0) is 10.8. The van der Waals surface area contributed by atoms with Gasteiger partial charge in [0.05, 0.1) is 17.2 Å². The van der Waals surface area contributed by atoms with Crippen molar-refractivity contribution in [3.05, 3.63) is 42.0 Å². The van der Waals surface area contributed by atoms with Crippen LogP contribution >= 0.6 is 0 Å². The van der Waals surface area contributed by atoms with Crippen molar-refractivity contribution in [3.8, 4) is 0 Å². The molecule has 16 heavy (non-hydrogen) atoms. The van der Waals surface area contributed by atoms with Crippen LogP contribution in [0.5, 0.6) is 0 Å². The van der Waals surface area contributed by atoms with E-state index in [4.69, 9.17) is 0 Å². The zero-order valence-electron chi connectivity index (χ0n) is 8.29. The minimum atomic E-state index is 0.667. The van der Waals surface area contributed by atoms with Crippen molar-refractivity contribution >= 4 is 23.2 Å². The summed E-state index contributed by atoms with van der Waals surface area (Å²) < 4.78 is 4.48. The van der Waals surface area contributed by atoms with Gasteiger partial charge in [0.1, 0.15) is 11.5 Å². The molecule has 3 aromatic rings. The second kappa shape index (κ2) is 3.62. The van der Waals surface area contributed by atoms with E-state index in [1.807, 2.05) is 30.3 Å². The van der Waals surface area contributed by atoms with E-state index in [0.717, 1.165) is 16.9 Å². The molecule has 5 nitrogen and oxygen atoms in total. The molecular weight excluding hydrogens is 204 g/mol. The molecule has 2 aromatic heterocycles. The first-order valence-corrected chi connectivity index (χ1v) is 4.82. The Morgan fingerprint density at radius 2 is 2.12 bits per heavy atom. The number of fused-ring (bicyclic) bond motifs is 1. The van der Waals surface area contributed by atoms with Crippen molar-refractivity contribution in [3.63, 3.8) is 0 Å². The predicted octanol–water partition coefficient (Wildman–Crippen LogP) is 2.12. The van der Waals surface area contributed by atoms with Crippen LogP contribution in [-0.2, 0) is 0 Å². The number of benzene rings is 1. The van der Waals surface area contributed by atoms with Gasteiger partial charge in [-0.05, 0) is 24.3 Å². The molecule has 0 atom stereocenters. The third-order valence-electron chi connectivity index (χ3n) is 2.20. The van der Waals surface area contributed by atoms with Gasteiger partial charge in [-0.25, -0.2) is 9.61 Å². The van der Waals surface area contributed by atoms with Gasteiger partial charge in [-0.1, -0.05) is 22.4 Å². The fourth-order valence-electron chi connectivity index (χ4n) is 1.46. The molecule has 0 aliphatic carbocycles. The molecule has 5 heteroatoms. The average molecular weight is 212 g/mol. The van der Waals surface area contributed by atoms with Gasteiger partial charge < -0.3 is 4.98 Å². The van der Waals surface area contributed by atoms with Gasteiger partial charge in [0, 0.05) is 0 Å². The van der Waals surface area contributed by atoms with Crippen LogP contribution in [0.15, 0.2) is 35.1 Å². The van der Waals surface area contributed by atoms with Crippen LogP contribution in [0, 0.1) is 0 Å². The largest absolute Gasteiger partial charge is 0.338 e. The molecular formula is C11H8N4O. The standard InChI is InChI=1S/C11H8N4O/c1-2-4-10-9(3-1)13-11(14-10)6-5-8-7-12-16-15-8/h1-7H,(H,13,14)/b6-5+. The summed E-state index contributed by atoms with van der Waals surface area (Å²) in [7, 11) is 0. The number of nitrogens with zero attached hydrogens (tertiary/aromatic N) is 3. The first-order chi connectivity index (χ1) is 7.92. The number of nitrogens with one attached hydrogen (secondary N) is 1. The first kappa shape index (κ1) is 8.84. The van der Waals surface area contributed by atoms with Crippen LogP contribution in [0.1, 0.15) is 11.5 Å². The summed E-state index contributed by atoms with van der Waals surface area (Å²) in [6, 6.07) is 7.87. The molecule has 0 aliphatic heterocycles. The van der Waals surface area contributed by atoms with E-state index < -0.39 is 0 Å². The Labute approximate surface area is 90.8 Å². The van der Waals surface area contributed by atoms with Crippen LogP contribution < -0.4 is 0 Å². The van der Waals surface area contributed by atoms with Crippen LogP contribution in [-0.4, -0.2) is 20.3 Å². The lowest BCUT2D eigenvalue weighted by Gasteiger charge is -1.81. The lowest BCUT2D eigenvalue weighted by molar-refractivity contribution is 0.306. The van der Waals surface area contributed by atoms with E-state index in [2.05, 4.69) is 24.9 Å². The lowest BCUT2D eigenvalue weighted by atomic mass is 10.3. The highest BCUT2D eigenvalue weighted by molar-refractivity contribution is 5.78. The minimum absolute atomic E-state index is 0.667. The maximum Gasteiger partial charge on any atom is 0.131 e. The summed E-state index contributed by atoms with van der Waals surface area (Å²) in [5.74, 6) is 0.782. The molecule has 0 saturated heterocycles. The van der Waals surface area contributed by atoms with E-state index in [1.165, 1.54) is 0 Å². The highest BCUT2D eigenvalue weighted by atomic mass is 16.6. The van der Waals surface area contributed by atoms with Crippen molar-refractivity contribution in [2.75, 3.05) is 0 Å². The maximum atomic E-state index is 4.48. The van der Waals surface area contributed by atoms with Crippen molar-refractivity contribution in [1.82, 2.24) is 20.3 Å². The average Bonchev–Trinajstić information content (AvgIpc) is 2.95. The number of para-hydroxylation sites is 2. The van der Waals surface area contributed by atoms with Gasteiger partial charge in [-0.15, -0.1) is 0 Å². The molecule has 1 N–H and O–H groups in total. The third kappa shape index (κ3) is 1.58. The molecule has 0 radical (unpaired) electrons. The number of rotatable bonds is 2.